The molecule has 0 spiro atoms. The van der Waals surface area contributed by atoms with E-state index in [1.165, 1.54) is 26.3 Å². The summed E-state index contributed by atoms with van der Waals surface area (Å²) in [6, 6.07) is 11.4. The maximum Gasteiger partial charge on any atom is 0.243 e. The molecule has 0 radical (unpaired) electrons. The van der Waals surface area contributed by atoms with Crippen molar-refractivity contribution >= 4 is 10.0 Å². The minimum atomic E-state index is -3.74. The van der Waals surface area contributed by atoms with Crippen LogP contribution < -0.4 is 14.2 Å². The first kappa shape index (κ1) is 21.6. The fourth-order valence-corrected chi connectivity index (χ4v) is 3.86. The first-order valence-electron chi connectivity index (χ1n) is 9.13. The van der Waals surface area contributed by atoms with Gasteiger partial charge in [-0.2, -0.15) is 9.29 Å². The molecule has 160 valence electrons. The first-order valence-corrected chi connectivity index (χ1v) is 10.6. The van der Waals surface area contributed by atoms with Crippen molar-refractivity contribution in [1.29, 1.82) is 0 Å². The lowest BCUT2D eigenvalue weighted by molar-refractivity contribution is 0.336. The highest BCUT2D eigenvalue weighted by atomic mass is 32.2. The van der Waals surface area contributed by atoms with Gasteiger partial charge in [0.25, 0.3) is 0 Å². The van der Waals surface area contributed by atoms with Crippen molar-refractivity contribution in [2.45, 2.75) is 18.4 Å². The molecule has 1 aromatic heterocycles. The second kappa shape index (κ2) is 9.14. The van der Waals surface area contributed by atoms with Crippen molar-refractivity contribution in [1.82, 2.24) is 14.4 Å². The normalized spacial score (nSPS) is 11.5. The Hall–Kier alpha value is -3.11. The lowest BCUT2D eigenvalue weighted by atomic mass is 10.2. The summed E-state index contributed by atoms with van der Waals surface area (Å²) in [4.78, 5) is 4.45. The number of hydrogen-bond donors (Lipinski definition) is 0. The van der Waals surface area contributed by atoms with E-state index in [2.05, 4.69) is 10.1 Å². The second-order valence-corrected chi connectivity index (χ2v) is 8.29. The van der Waals surface area contributed by atoms with Gasteiger partial charge in [0.05, 0.1) is 37.8 Å². The Bertz CT molecular complexity index is 1100. The predicted molar refractivity (Wildman–Crippen MR) is 109 cm³/mol. The molecule has 0 unspecified atom stereocenters. The number of methoxy groups -OCH3 is 2. The summed E-state index contributed by atoms with van der Waals surface area (Å²) in [5.74, 6) is 2.18. The zero-order valence-corrected chi connectivity index (χ0v) is 18.0. The van der Waals surface area contributed by atoms with E-state index in [4.69, 9.17) is 18.7 Å². The Morgan fingerprint density at radius 1 is 1.03 bits per heavy atom. The topological polar surface area (TPSA) is 104 Å². The van der Waals surface area contributed by atoms with Crippen LogP contribution in [0.25, 0.3) is 11.4 Å². The van der Waals surface area contributed by atoms with E-state index in [1.54, 1.807) is 37.4 Å². The monoisotopic (exact) mass is 433 g/mol. The van der Waals surface area contributed by atoms with Gasteiger partial charge in [-0.3, -0.25) is 0 Å². The lowest BCUT2D eigenvalue weighted by Gasteiger charge is -2.15. The molecule has 10 heteroatoms. The van der Waals surface area contributed by atoms with E-state index >= 15 is 0 Å². The summed E-state index contributed by atoms with van der Waals surface area (Å²) < 4.78 is 47.9. The van der Waals surface area contributed by atoms with Crippen LogP contribution in [0.15, 0.2) is 51.9 Å². The van der Waals surface area contributed by atoms with Crippen LogP contribution in [0.3, 0.4) is 0 Å². The van der Waals surface area contributed by atoms with Gasteiger partial charge in [-0.15, -0.1) is 0 Å². The third kappa shape index (κ3) is 4.55. The molecule has 2 aromatic carbocycles. The molecular formula is C20H23N3O6S. The number of sulfonamides is 1. The Labute approximate surface area is 175 Å². The van der Waals surface area contributed by atoms with Crippen LogP contribution in [0.1, 0.15) is 12.8 Å². The fourth-order valence-electron chi connectivity index (χ4n) is 2.74. The fraction of sp³-hybridized carbons (Fsp3) is 0.300. The molecule has 0 aliphatic carbocycles. The third-order valence-corrected chi connectivity index (χ3v) is 6.14. The summed E-state index contributed by atoms with van der Waals surface area (Å²) >= 11 is 0. The molecule has 0 saturated carbocycles. The maximum absolute atomic E-state index is 12.8. The van der Waals surface area contributed by atoms with Crippen LogP contribution in [-0.2, 0) is 16.6 Å². The molecule has 0 amide bonds. The molecule has 0 bridgehead atoms. The molecular weight excluding hydrogens is 410 g/mol. The highest BCUT2D eigenvalue weighted by Gasteiger charge is 2.24. The molecule has 0 aliphatic rings. The molecule has 0 atom stereocenters. The predicted octanol–water partition coefficient (Wildman–Crippen LogP) is 2.97. The summed E-state index contributed by atoms with van der Waals surface area (Å²) in [5.41, 5.74) is 0.602. The van der Waals surface area contributed by atoms with Gasteiger partial charge in [0.2, 0.25) is 21.7 Å². The number of hydrogen-bond acceptors (Lipinski definition) is 8. The average molecular weight is 433 g/mol. The summed E-state index contributed by atoms with van der Waals surface area (Å²) in [5, 5.41) is 3.95. The smallest absolute Gasteiger partial charge is 0.243 e. The van der Waals surface area contributed by atoms with Crippen molar-refractivity contribution in [3.63, 3.8) is 0 Å². The minimum Gasteiger partial charge on any atom is -0.497 e. The van der Waals surface area contributed by atoms with Crippen molar-refractivity contribution < 1.29 is 27.2 Å². The molecule has 3 aromatic rings. The molecule has 0 aliphatic heterocycles. The first-order chi connectivity index (χ1) is 14.4. The quantitative estimate of drug-likeness (QED) is 0.507. The summed E-state index contributed by atoms with van der Waals surface area (Å²) in [6.45, 7) is 2.28. The molecule has 0 N–H and O–H groups in total. The second-order valence-electron chi connectivity index (χ2n) is 6.24. The van der Waals surface area contributed by atoms with E-state index in [0.717, 1.165) is 4.31 Å². The Morgan fingerprint density at radius 3 is 2.37 bits per heavy atom. The number of ether oxygens (including phenoxy) is 3. The summed E-state index contributed by atoms with van der Waals surface area (Å²) in [6.07, 6.45) is 0. The van der Waals surface area contributed by atoms with Crippen LogP contribution >= 0.6 is 0 Å². The van der Waals surface area contributed by atoms with E-state index in [9.17, 15) is 8.42 Å². The van der Waals surface area contributed by atoms with E-state index in [0.29, 0.717) is 29.4 Å². The maximum atomic E-state index is 12.8. The van der Waals surface area contributed by atoms with Crippen molar-refractivity contribution in [3.05, 3.63) is 48.4 Å². The molecule has 3 rings (SSSR count). The number of aromatic nitrogens is 2. The Kier molecular flexibility index (Phi) is 6.58. The van der Waals surface area contributed by atoms with Gasteiger partial charge in [-0.25, -0.2) is 8.42 Å². The molecule has 1 heterocycles. The van der Waals surface area contributed by atoms with Gasteiger partial charge in [-0.05, 0) is 43.3 Å². The highest BCUT2D eigenvalue weighted by Crippen LogP contribution is 2.31. The van der Waals surface area contributed by atoms with Crippen molar-refractivity contribution in [3.8, 4) is 28.6 Å². The zero-order chi connectivity index (χ0) is 21.7. The van der Waals surface area contributed by atoms with Gasteiger partial charge in [0.1, 0.15) is 17.2 Å². The number of benzene rings is 2. The number of rotatable bonds is 9. The van der Waals surface area contributed by atoms with Crippen molar-refractivity contribution in [2.24, 2.45) is 0 Å². The Morgan fingerprint density at radius 2 is 1.73 bits per heavy atom. The minimum absolute atomic E-state index is 0.0823. The largest absolute Gasteiger partial charge is 0.497 e. The van der Waals surface area contributed by atoms with Crippen molar-refractivity contribution in [2.75, 3.05) is 27.9 Å². The van der Waals surface area contributed by atoms with E-state index in [1.807, 2.05) is 6.92 Å². The standard InChI is InChI=1S/C20H23N3O6S/c1-5-28-14-6-9-16(10-7-14)30(24,25)23(2)13-19-21-20(22-29-19)17-11-8-15(26-3)12-18(17)27-4/h6-12H,5,13H2,1-4H3. The average Bonchev–Trinajstić information content (AvgIpc) is 3.22. The van der Waals surface area contributed by atoms with Crippen LogP contribution in [-0.4, -0.2) is 50.7 Å². The Balaban J connectivity index is 1.78. The van der Waals surface area contributed by atoms with Gasteiger partial charge in [-0.1, -0.05) is 5.16 Å². The van der Waals surface area contributed by atoms with Crippen LogP contribution in [0.5, 0.6) is 17.2 Å². The van der Waals surface area contributed by atoms with Gasteiger partial charge < -0.3 is 18.7 Å². The summed E-state index contributed by atoms with van der Waals surface area (Å²) in [7, 11) is 0.792. The zero-order valence-electron chi connectivity index (χ0n) is 17.2. The van der Waals surface area contributed by atoms with Gasteiger partial charge in [0.15, 0.2) is 0 Å². The van der Waals surface area contributed by atoms with Gasteiger partial charge >= 0.3 is 0 Å². The highest BCUT2D eigenvalue weighted by molar-refractivity contribution is 7.89. The SMILES string of the molecule is CCOc1ccc(S(=O)(=O)N(C)Cc2nc(-c3ccc(OC)cc3OC)no2)cc1. The van der Waals surface area contributed by atoms with Crippen LogP contribution in [0.4, 0.5) is 0 Å². The molecule has 0 fully saturated rings. The molecule has 9 nitrogen and oxygen atoms in total. The lowest BCUT2D eigenvalue weighted by Crippen LogP contribution is -2.26. The van der Waals surface area contributed by atoms with E-state index < -0.39 is 10.0 Å². The van der Waals surface area contributed by atoms with Crippen LogP contribution in [0.2, 0.25) is 0 Å². The van der Waals surface area contributed by atoms with E-state index in [-0.39, 0.29) is 23.2 Å². The third-order valence-electron chi connectivity index (χ3n) is 4.32. The number of nitrogens with zero attached hydrogens (tertiary/aromatic N) is 3. The molecule has 30 heavy (non-hydrogen) atoms. The molecule has 0 saturated heterocycles. The van der Waals surface area contributed by atoms with Gasteiger partial charge in [0, 0.05) is 13.1 Å². The van der Waals surface area contributed by atoms with Crippen LogP contribution in [0, 0.1) is 0 Å².